The molecule has 4 heteroatoms. The monoisotopic (exact) mass is 289 g/mol. The Morgan fingerprint density at radius 2 is 1.81 bits per heavy atom. The predicted octanol–water partition coefficient (Wildman–Crippen LogP) is 1.96. The second-order valence-corrected chi connectivity index (χ2v) is 5.99. The molecule has 0 radical (unpaired) electrons. The van der Waals surface area contributed by atoms with E-state index in [2.05, 4.69) is 39.4 Å². The van der Waals surface area contributed by atoms with Crippen molar-refractivity contribution in [2.24, 2.45) is 0 Å². The number of rotatable bonds is 5. The average Bonchev–Trinajstić information content (AvgIpc) is 2.57. The summed E-state index contributed by atoms with van der Waals surface area (Å²) >= 11 is 0. The lowest BCUT2D eigenvalue weighted by Crippen LogP contribution is -2.43. The summed E-state index contributed by atoms with van der Waals surface area (Å²) in [6.45, 7) is 8.63. The van der Waals surface area contributed by atoms with Gasteiger partial charge in [-0.1, -0.05) is 12.5 Å². The molecule has 0 bridgehead atoms. The lowest BCUT2D eigenvalue weighted by Gasteiger charge is -2.29. The van der Waals surface area contributed by atoms with Crippen LogP contribution in [0.3, 0.4) is 0 Å². The van der Waals surface area contributed by atoms with Crippen molar-refractivity contribution < 1.29 is 4.74 Å². The largest absolute Gasteiger partial charge is 0.492 e. The molecule has 0 aliphatic carbocycles. The van der Waals surface area contributed by atoms with Crippen molar-refractivity contribution >= 4 is 5.69 Å². The number of hydrogen-bond donors (Lipinski definition) is 1. The molecule has 2 aliphatic rings. The van der Waals surface area contributed by atoms with Gasteiger partial charge in [0.15, 0.2) is 0 Å². The van der Waals surface area contributed by atoms with Crippen molar-refractivity contribution in [2.45, 2.75) is 19.3 Å². The lowest BCUT2D eigenvalue weighted by molar-refractivity contribution is 0.183. The molecule has 2 fully saturated rings. The fourth-order valence-electron chi connectivity index (χ4n) is 3.17. The molecule has 116 valence electrons. The van der Waals surface area contributed by atoms with Crippen LogP contribution in [0, 0.1) is 0 Å². The van der Waals surface area contributed by atoms with Gasteiger partial charge in [0.05, 0.1) is 0 Å². The van der Waals surface area contributed by atoms with E-state index < -0.39 is 0 Å². The molecule has 0 saturated carbocycles. The van der Waals surface area contributed by atoms with Crippen LogP contribution in [-0.4, -0.2) is 57.3 Å². The van der Waals surface area contributed by atoms with Gasteiger partial charge in [-0.2, -0.15) is 0 Å². The van der Waals surface area contributed by atoms with Crippen molar-refractivity contribution in [3.8, 4) is 5.75 Å². The van der Waals surface area contributed by atoms with E-state index in [0.29, 0.717) is 0 Å². The number of piperazine rings is 1. The number of likely N-dealkylation sites (tertiary alicyclic amines) is 1. The van der Waals surface area contributed by atoms with E-state index in [1.807, 2.05) is 0 Å². The second kappa shape index (κ2) is 7.66. The first-order valence-electron chi connectivity index (χ1n) is 8.33. The summed E-state index contributed by atoms with van der Waals surface area (Å²) in [5, 5.41) is 3.39. The summed E-state index contributed by atoms with van der Waals surface area (Å²) in [5.74, 6) is 1.00. The summed E-state index contributed by atoms with van der Waals surface area (Å²) in [7, 11) is 0. The number of piperidine rings is 1. The Balaban J connectivity index is 1.48. The van der Waals surface area contributed by atoms with E-state index in [-0.39, 0.29) is 0 Å². The molecule has 21 heavy (non-hydrogen) atoms. The molecule has 4 nitrogen and oxygen atoms in total. The highest BCUT2D eigenvalue weighted by atomic mass is 16.5. The standard InChI is InChI=1S/C17H27N3O/c1-2-9-19(10-3-1)13-14-21-17-6-4-5-16(15-17)20-11-7-18-8-12-20/h4-6,15,18H,1-3,7-14H2. The summed E-state index contributed by atoms with van der Waals surface area (Å²) in [6, 6.07) is 8.54. The first-order chi connectivity index (χ1) is 10.4. The number of nitrogens with zero attached hydrogens (tertiary/aromatic N) is 2. The highest BCUT2D eigenvalue weighted by Gasteiger charge is 2.12. The molecule has 3 rings (SSSR count). The maximum atomic E-state index is 5.96. The van der Waals surface area contributed by atoms with Gasteiger partial charge < -0.3 is 15.0 Å². The minimum absolute atomic E-state index is 0.797. The molecule has 0 amide bonds. The van der Waals surface area contributed by atoms with Gasteiger partial charge in [0, 0.05) is 44.5 Å². The zero-order chi connectivity index (χ0) is 14.3. The number of nitrogens with one attached hydrogen (secondary N) is 1. The van der Waals surface area contributed by atoms with Gasteiger partial charge in [0.1, 0.15) is 12.4 Å². The van der Waals surface area contributed by atoms with Gasteiger partial charge in [0.25, 0.3) is 0 Å². The molecule has 0 aromatic heterocycles. The molecule has 1 aromatic rings. The third-order valence-corrected chi connectivity index (χ3v) is 4.42. The normalized spacial score (nSPS) is 20.5. The van der Waals surface area contributed by atoms with Crippen LogP contribution in [0.5, 0.6) is 5.75 Å². The van der Waals surface area contributed by atoms with E-state index >= 15 is 0 Å². The Morgan fingerprint density at radius 1 is 1.00 bits per heavy atom. The molecule has 0 atom stereocenters. The predicted molar refractivity (Wildman–Crippen MR) is 87.3 cm³/mol. The Bertz CT molecular complexity index is 426. The molecule has 2 heterocycles. The zero-order valence-corrected chi connectivity index (χ0v) is 12.9. The molecular weight excluding hydrogens is 262 g/mol. The lowest BCUT2D eigenvalue weighted by atomic mass is 10.1. The minimum atomic E-state index is 0.797. The number of benzene rings is 1. The fraction of sp³-hybridized carbons (Fsp3) is 0.647. The van der Waals surface area contributed by atoms with E-state index in [4.69, 9.17) is 4.74 Å². The topological polar surface area (TPSA) is 27.7 Å². The molecule has 0 spiro atoms. The van der Waals surface area contributed by atoms with Crippen molar-refractivity contribution in [3.05, 3.63) is 24.3 Å². The zero-order valence-electron chi connectivity index (χ0n) is 12.9. The Labute approximate surface area is 128 Å². The number of ether oxygens (including phenoxy) is 1. The minimum Gasteiger partial charge on any atom is -0.492 e. The van der Waals surface area contributed by atoms with E-state index in [1.165, 1.54) is 38.0 Å². The molecule has 2 aliphatic heterocycles. The van der Waals surface area contributed by atoms with Crippen LogP contribution in [0.15, 0.2) is 24.3 Å². The van der Waals surface area contributed by atoms with Gasteiger partial charge >= 0.3 is 0 Å². The summed E-state index contributed by atoms with van der Waals surface area (Å²) in [4.78, 5) is 4.94. The SMILES string of the molecule is c1cc(OCCN2CCCCC2)cc(N2CCNCC2)c1. The van der Waals surface area contributed by atoms with Crippen molar-refractivity contribution in [3.63, 3.8) is 0 Å². The smallest absolute Gasteiger partial charge is 0.121 e. The fourth-order valence-corrected chi connectivity index (χ4v) is 3.17. The van der Waals surface area contributed by atoms with Crippen molar-refractivity contribution in [2.75, 3.05) is 57.3 Å². The molecule has 1 aromatic carbocycles. The van der Waals surface area contributed by atoms with Crippen LogP contribution in [0.1, 0.15) is 19.3 Å². The van der Waals surface area contributed by atoms with Gasteiger partial charge in [0.2, 0.25) is 0 Å². The van der Waals surface area contributed by atoms with Crippen LogP contribution in [0.2, 0.25) is 0 Å². The van der Waals surface area contributed by atoms with Gasteiger partial charge in [-0.25, -0.2) is 0 Å². The maximum absolute atomic E-state index is 5.96. The van der Waals surface area contributed by atoms with E-state index in [1.54, 1.807) is 0 Å². The van der Waals surface area contributed by atoms with Crippen molar-refractivity contribution in [1.82, 2.24) is 10.2 Å². The summed E-state index contributed by atoms with van der Waals surface area (Å²) < 4.78 is 5.96. The summed E-state index contributed by atoms with van der Waals surface area (Å²) in [6.07, 6.45) is 4.08. The first-order valence-corrected chi connectivity index (χ1v) is 8.33. The van der Waals surface area contributed by atoms with Gasteiger partial charge in [-0.3, -0.25) is 4.90 Å². The molecule has 0 unspecified atom stereocenters. The number of anilines is 1. The number of hydrogen-bond acceptors (Lipinski definition) is 4. The third-order valence-electron chi connectivity index (χ3n) is 4.42. The quantitative estimate of drug-likeness (QED) is 0.897. The average molecular weight is 289 g/mol. The third kappa shape index (κ3) is 4.35. The van der Waals surface area contributed by atoms with Crippen LogP contribution < -0.4 is 15.0 Å². The Kier molecular flexibility index (Phi) is 5.35. The molecule has 2 saturated heterocycles. The molecule has 1 N–H and O–H groups in total. The van der Waals surface area contributed by atoms with Crippen LogP contribution in [-0.2, 0) is 0 Å². The Morgan fingerprint density at radius 3 is 2.62 bits per heavy atom. The van der Waals surface area contributed by atoms with Crippen LogP contribution in [0.4, 0.5) is 5.69 Å². The van der Waals surface area contributed by atoms with Crippen molar-refractivity contribution in [1.29, 1.82) is 0 Å². The van der Waals surface area contributed by atoms with E-state index in [9.17, 15) is 0 Å². The van der Waals surface area contributed by atoms with Crippen LogP contribution in [0.25, 0.3) is 0 Å². The van der Waals surface area contributed by atoms with Gasteiger partial charge in [-0.15, -0.1) is 0 Å². The highest BCUT2D eigenvalue weighted by Crippen LogP contribution is 2.21. The Hall–Kier alpha value is -1.26. The maximum Gasteiger partial charge on any atom is 0.121 e. The van der Waals surface area contributed by atoms with Gasteiger partial charge in [-0.05, 0) is 38.1 Å². The first kappa shape index (κ1) is 14.7. The molecular formula is C17H27N3O. The highest BCUT2D eigenvalue weighted by molar-refractivity contribution is 5.51. The second-order valence-electron chi connectivity index (χ2n) is 5.99. The van der Waals surface area contributed by atoms with Crippen LogP contribution >= 0.6 is 0 Å². The van der Waals surface area contributed by atoms with E-state index in [0.717, 1.165) is 45.1 Å². The summed E-state index contributed by atoms with van der Waals surface area (Å²) in [5.41, 5.74) is 1.28.